The number of carbonyl (C=O) groups is 1. The molecular weight excluding hydrogens is 340 g/mol. The number of anilines is 1. The van der Waals surface area contributed by atoms with Gasteiger partial charge < -0.3 is 10.6 Å². The van der Waals surface area contributed by atoms with Gasteiger partial charge in [-0.15, -0.1) is 0 Å². The number of hydrogen-bond donors (Lipinski definition) is 3. The molecule has 1 aromatic carbocycles. The van der Waals surface area contributed by atoms with Gasteiger partial charge in [0.05, 0.1) is 22.0 Å². The van der Waals surface area contributed by atoms with Crippen LogP contribution in [0.3, 0.4) is 0 Å². The number of hydrogen-bond acceptors (Lipinski definition) is 4. The second kappa shape index (κ2) is 7.69. The van der Waals surface area contributed by atoms with Crippen molar-refractivity contribution in [1.82, 2.24) is 15.5 Å². The van der Waals surface area contributed by atoms with Crippen molar-refractivity contribution < 1.29 is 13.2 Å². The molecule has 1 heterocycles. The largest absolute Gasteiger partial charge is 0.334 e. The summed E-state index contributed by atoms with van der Waals surface area (Å²) in [5.74, 6) is 0. The number of H-pyrrole nitrogens is 1. The number of sulfone groups is 1. The van der Waals surface area contributed by atoms with E-state index in [2.05, 4.69) is 20.8 Å². The number of aromatic nitrogens is 2. The molecule has 1 aliphatic rings. The van der Waals surface area contributed by atoms with E-state index in [1.54, 1.807) is 36.7 Å². The molecule has 0 saturated heterocycles. The standard InChI is InChI=1S/C17H22N4O3S/c22-17(18-10-13-11-19-20-12-13)21-15-8-4-5-9-16(15)25(23,24)14-6-2-1-3-7-14/h4-5,8-9,11-12,14H,1-3,6-7,10H2,(H,19,20)(H2,18,21,22). The van der Waals surface area contributed by atoms with Crippen LogP contribution in [0.15, 0.2) is 41.6 Å². The first-order valence-electron chi connectivity index (χ1n) is 8.43. The van der Waals surface area contributed by atoms with Gasteiger partial charge in [0.2, 0.25) is 0 Å². The molecule has 0 unspecified atom stereocenters. The number of aromatic amines is 1. The van der Waals surface area contributed by atoms with E-state index in [-0.39, 0.29) is 10.1 Å². The lowest BCUT2D eigenvalue weighted by Crippen LogP contribution is -2.30. The van der Waals surface area contributed by atoms with Crippen LogP contribution < -0.4 is 10.6 Å². The van der Waals surface area contributed by atoms with E-state index < -0.39 is 15.9 Å². The van der Waals surface area contributed by atoms with Crippen molar-refractivity contribution in [2.45, 2.75) is 48.8 Å². The Balaban J connectivity index is 1.73. The van der Waals surface area contributed by atoms with Crippen LogP contribution in [0, 0.1) is 0 Å². The van der Waals surface area contributed by atoms with Gasteiger partial charge in [0, 0.05) is 18.3 Å². The topological polar surface area (TPSA) is 104 Å². The van der Waals surface area contributed by atoms with Crippen LogP contribution in [-0.2, 0) is 16.4 Å². The van der Waals surface area contributed by atoms with Gasteiger partial charge in [0.15, 0.2) is 9.84 Å². The molecule has 8 heteroatoms. The Hall–Kier alpha value is -2.35. The fraction of sp³-hybridized carbons (Fsp3) is 0.412. The predicted octanol–water partition coefficient (Wildman–Crippen LogP) is 2.84. The number of urea groups is 1. The Morgan fingerprint density at radius 1 is 1.20 bits per heavy atom. The minimum atomic E-state index is -3.45. The molecule has 1 aliphatic carbocycles. The van der Waals surface area contributed by atoms with Crippen LogP contribution in [0.25, 0.3) is 0 Å². The van der Waals surface area contributed by atoms with Gasteiger partial charge in [-0.2, -0.15) is 5.10 Å². The molecule has 25 heavy (non-hydrogen) atoms. The molecular formula is C17H22N4O3S. The van der Waals surface area contributed by atoms with Gasteiger partial charge in [-0.05, 0) is 25.0 Å². The molecule has 0 atom stereocenters. The number of benzene rings is 1. The molecule has 3 rings (SSSR count). The zero-order valence-corrected chi connectivity index (χ0v) is 14.7. The molecule has 0 spiro atoms. The summed E-state index contributed by atoms with van der Waals surface area (Å²) in [5.41, 5.74) is 1.15. The predicted molar refractivity (Wildman–Crippen MR) is 94.9 cm³/mol. The average Bonchev–Trinajstić information content (AvgIpc) is 3.15. The molecule has 1 saturated carbocycles. The van der Waals surface area contributed by atoms with E-state index in [9.17, 15) is 13.2 Å². The summed E-state index contributed by atoms with van der Waals surface area (Å²) >= 11 is 0. The summed E-state index contributed by atoms with van der Waals surface area (Å²) in [6.07, 6.45) is 7.62. The SMILES string of the molecule is O=C(NCc1cn[nH]c1)Nc1ccccc1S(=O)(=O)C1CCCCC1. The van der Waals surface area contributed by atoms with E-state index in [0.29, 0.717) is 25.1 Å². The first-order chi connectivity index (χ1) is 12.1. The van der Waals surface area contributed by atoms with Crippen LogP contribution in [0.5, 0.6) is 0 Å². The first kappa shape index (κ1) is 17.5. The highest BCUT2D eigenvalue weighted by atomic mass is 32.2. The normalized spacial score (nSPS) is 15.7. The van der Waals surface area contributed by atoms with Crippen molar-refractivity contribution in [3.63, 3.8) is 0 Å². The number of para-hydroxylation sites is 1. The third kappa shape index (κ3) is 4.19. The van der Waals surface area contributed by atoms with E-state index in [1.807, 2.05) is 0 Å². The number of rotatable bonds is 5. The summed E-state index contributed by atoms with van der Waals surface area (Å²) in [6, 6.07) is 6.13. The fourth-order valence-corrected chi connectivity index (χ4v) is 5.10. The molecule has 0 bridgehead atoms. The Morgan fingerprint density at radius 3 is 2.68 bits per heavy atom. The maximum Gasteiger partial charge on any atom is 0.319 e. The maximum absolute atomic E-state index is 13.0. The Labute approximate surface area is 147 Å². The summed E-state index contributed by atoms with van der Waals surface area (Å²) in [7, 11) is -3.45. The summed E-state index contributed by atoms with van der Waals surface area (Å²) in [4.78, 5) is 12.3. The van der Waals surface area contributed by atoms with Crippen molar-refractivity contribution in [2.24, 2.45) is 0 Å². The van der Waals surface area contributed by atoms with Gasteiger partial charge >= 0.3 is 6.03 Å². The molecule has 3 N–H and O–H groups in total. The minimum absolute atomic E-state index is 0.195. The highest BCUT2D eigenvalue weighted by Gasteiger charge is 2.30. The molecule has 134 valence electrons. The van der Waals surface area contributed by atoms with Gasteiger partial charge in [0.25, 0.3) is 0 Å². The lowest BCUT2D eigenvalue weighted by Gasteiger charge is -2.23. The maximum atomic E-state index is 13.0. The Kier molecular flexibility index (Phi) is 5.37. The molecule has 1 aromatic heterocycles. The fourth-order valence-electron chi connectivity index (χ4n) is 3.10. The number of amides is 2. The van der Waals surface area contributed by atoms with Crippen molar-refractivity contribution >= 4 is 21.6 Å². The Bertz CT molecular complexity index is 812. The Morgan fingerprint density at radius 2 is 1.96 bits per heavy atom. The third-order valence-electron chi connectivity index (χ3n) is 4.44. The molecule has 0 radical (unpaired) electrons. The summed E-state index contributed by atoms with van der Waals surface area (Å²) < 4.78 is 25.9. The van der Waals surface area contributed by atoms with Crippen molar-refractivity contribution in [2.75, 3.05) is 5.32 Å². The van der Waals surface area contributed by atoms with Crippen LogP contribution in [-0.4, -0.2) is 29.9 Å². The van der Waals surface area contributed by atoms with Gasteiger partial charge in [-0.3, -0.25) is 5.10 Å². The summed E-state index contributed by atoms with van der Waals surface area (Å²) in [5, 5.41) is 11.5. The number of carbonyl (C=O) groups excluding carboxylic acids is 1. The average molecular weight is 362 g/mol. The van der Waals surface area contributed by atoms with E-state index >= 15 is 0 Å². The second-order valence-corrected chi connectivity index (χ2v) is 8.41. The van der Waals surface area contributed by atoms with Gasteiger partial charge in [-0.1, -0.05) is 31.4 Å². The highest BCUT2D eigenvalue weighted by Crippen LogP contribution is 2.32. The molecule has 7 nitrogen and oxygen atoms in total. The lowest BCUT2D eigenvalue weighted by atomic mass is 10.0. The van der Waals surface area contributed by atoms with Gasteiger partial charge in [-0.25, -0.2) is 13.2 Å². The number of nitrogens with one attached hydrogen (secondary N) is 3. The van der Waals surface area contributed by atoms with E-state index in [0.717, 1.165) is 24.8 Å². The van der Waals surface area contributed by atoms with Crippen molar-refractivity contribution in [1.29, 1.82) is 0 Å². The number of nitrogens with zero attached hydrogens (tertiary/aromatic N) is 1. The second-order valence-electron chi connectivity index (χ2n) is 6.22. The van der Waals surface area contributed by atoms with Crippen LogP contribution in [0.2, 0.25) is 0 Å². The molecule has 2 aromatic rings. The minimum Gasteiger partial charge on any atom is -0.334 e. The molecule has 1 fully saturated rings. The van der Waals surface area contributed by atoms with E-state index in [4.69, 9.17) is 0 Å². The van der Waals surface area contributed by atoms with Gasteiger partial charge in [0.1, 0.15) is 0 Å². The van der Waals surface area contributed by atoms with E-state index in [1.165, 1.54) is 0 Å². The molecule has 2 amide bonds. The quantitative estimate of drug-likeness (QED) is 0.761. The zero-order chi connectivity index (χ0) is 17.7. The highest BCUT2D eigenvalue weighted by molar-refractivity contribution is 7.92. The van der Waals surface area contributed by atoms with Crippen molar-refractivity contribution in [3.8, 4) is 0 Å². The van der Waals surface area contributed by atoms with Crippen LogP contribution in [0.1, 0.15) is 37.7 Å². The summed E-state index contributed by atoms with van der Waals surface area (Å²) in [6.45, 7) is 0.305. The monoisotopic (exact) mass is 362 g/mol. The smallest absolute Gasteiger partial charge is 0.319 e. The zero-order valence-electron chi connectivity index (χ0n) is 13.9. The van der Waals surface area contributed by atoms with Crippen LogP contribution in [0.4, 0.5) is 10.5 Å². The third-order valence-corrected chi connectivity index (χ3v) is 6.76. The lowest BCUT2D eigenvalue weighted by molar-refractivity contribution is 0.251. The van der Waals surface area contributed by atoms with Crippen LogP contribution >= 0.6 is 0 Å². The molecule has 0 aliphatic heterocycles. The van der Waals surface area contributed by atoms with Crippen molar-refractivity contribution in [3.05, 3.63) is 42.2 Å². The first-order valence-corrected chi connectivity index (χ1v) is 9.97.